The Kier molecular flexibility index (Phi) is 8.37. The number of hydrogen-bond donors (Lipinski definition) is 3. The average Bonchev–Trinajstić information content (AvgIpc) is 2.73. The number of methoxy groups -OCH3 is 1. The Hall–Kier alpha value is -3.39. The van der Waals surface area contributed by atoms with Crippen molar-refractivity contribution in [1.82, 2.24) is 4.90 Å². The Morgan fingerprint density at radius 1 is 0.900 bits per heavy atom. The zero-order valence-corrected chi connectivity index (χ0v) is 17.7. The first-order chi connectivity index (χ1) is 14.3. The van der Waals surface area contributed by atoms with Crippen molar-refractivity contribution in [2.24, 2.45) is 0 Å². The number of benzene rings is 2. The Balaban J connectivity index is 1.91. The molecule has 0 bridgehead atoms. The summed E-state index contributed by atoms with van der Waals surface area (Å²) in [5.74, 6) is 0.119. The Morgan fingerprint density at radius 3 is 1.90 bits per heavy atom. The first-order valence-electron chi connectivity index (χ1n) is 9.68. The van der Waals surface area contributed by atoms with Gasteiger partial charge in [-0.1, -0.05) is 6.92 Å². The van der Waals surface area contributed by atoms with E-state index in [-0.39, 0.29) is 24.3 Å². The van der Waals surface area contributed by atoms with Gasteiger partial charge in [-0.05, 0) is 62.0 Å². The first-order valence-corrected chi connectivity index (χ1v) is 9.68. The molecule has 0 heterocycles. The molecule has 0 fully saturated rings. The lowest BCUT2D eigenvalue weighted by Gasteiger charge is -2.26. The Bertz CT molecular complexity index is 866. The summed E-state index contributed by atoms with van der Waals surface area (Å²) >= 11 is 0. The Labute approximate surface area is 176 Å². The Morgan fingerprint density at radius 2 is 1.40 bits per heavy atom. The molecule has 0 unspecified atom stereocenters. The van der Waals surface area contributed by atoms with Gasteiger partial charge in [0.2, 0.25) is 17.7 Å². The third-order valence-electron chi connectivity index (χ3n) is 4.53. The number of nitrogens with zero attached hydrogens (tertiary/aromatic N) is 1. The van der Waals surface area contributed by atoms with E-state index < -0.39 is 6.04 Å². The quantitative estimate of drug-likeness (QED) is 0.588. The molecular formula is C22H28N4O4. The molecule has 0 spiro atoms. The predicted molar refractivity (Wildman–Crippen MR) is 118 cm³/mol. The summed E-state index contributed by atoms with van der Waals surface area (Å²) < 4.78 is 5.10. The summed E-state index contributed by atoms with van der Waals surface area (Å²) in [6, 6.07) is 13.4. The second-order valence-corrected chi connectivity index (χ2v) is 6.76. The van der Waals surface area contributed by atoms with Crippen LogP contribution in [0.3, 0.4) is 0 Å². The second-order valence-electron chi connectivity index (χ2n) is 6.76. The largest absolute Gasteiger partial charge is 0.497 e. The minimum Gasteiger partial charge on any atom is -0.497 e. The topological polar surface area (TPSA) is 99.8 Å². The maximum absolute atomic E-state index is 12.6. The number of carbonyl (C=O) groups excluding carboxylic acids is 3. The van der Waals surface area contributed by atoms with Crippen LogP contribution < -0.4 is 20.7 Å². The van der Waals surface area contributed by atoms with Crippen molar-refractivity contribution < 1.29 is 19.1 Å². The highest BCUT2D eigenvalue weighted by Gasteiger charge is 2.22. The molecule has 0 aliphatic carbocycles. The van der Waals surface area contributed by atoms with Crippen molar-refractivity contribution in [1.29, 1.82) is 0 Å². The molecule has 3 amide bonds. The van der Waals surface area contributed by atoms with Crippen LogP contribution in [-0.2, 0) is 14.4 Å². The number of nitrogens with one attached hydrogen (secondary N) is 3. The molecule has 160 valence electrons. The molecule has 30 heavy (non-hydrogen) atoms. The van der Waals surface area contributed by atoms with Gasteiger partial charge in [0.05, 0.1) is 19.7 Å². The van der Waals surface area contributed by atoms with Crippen LogP contribution in [-0.4, -0.2) is 48.9 Å². The molecule has 3 N–H and O–H groups in total. The summed E-state index contributed by atoms with van der Waals surface area (Å²) in [7, 11) is 1.58. The normalized spacial score (nSPS) is 11.5. The van der Waals surface area contributed by atoms with Gasteiger partial charge in [0.1, 0.15) is 5.75 Å². The van der Waals surface area contributed by atoms with Gasteiger partial charge < -0.3 is 20.7 Å². The maximum Gasteiger partial charge on any atom is 0.241 e. The van der Waals surface area contributed by atoms with Crippen LogP contribution in [0.2, 0.25) is 0 Å². The van der Waals surface area contributed by atoms with E-state index >= 15 is 0 Å². The highest BCUT2D eigenvalue weighted by Crippen LogP contribution is 2.16. The molecule has 1 atom stereocenters. The lowest BCUT2D eigenvalue weighted by atomic mass is 10.2. The molecule has 2 aromatic rings. The predicted octanol–water partition coefficient (Wildman–Crippen LogP) is 2.94. The summed E-state index contributed by atoms with van der Waals surface area (Å²) in [6.45, 7) is 5.70. The van der Waals surface area contributed by atoms with Gasteiger partial charge in [-0.2, -0.15) is 0 Å². The fourth-order valence-corrected chi connectivity index (χ4v) is 2.83. The van der Waals surface area contributed by atoms with E-state index in [2.05, 4.69) is 16.0 Å². The number of anilines is 3. The van der Waals surface area contributed by atoms with Crippen molar-refractivity contribution in [3.8, 4) is 5.75 Å². The molecule has 0 aliphatic rings. The van der Waals surface area contributed by atoms with Gasteiger partial charge in [0, 0.05) is 24.0 Å². The molecule has 0 saturated heterocycles. The highest BCUT2D eigenvalue weighted by atomic mass is 16.5. The minimum absolute atomic E-state index is 0.0819. The van der Waals surface area contributed by atoms with E-state index in [0.29, 0.717) is 29.4 Å². The highest BCUT2D eigenvalue weighted by molar-refractivity contribution is 5.96. The molecule has 0 aromatic heterocycles. The van der Waals surface area contributed by atoms with Crippen molar-refractivity contribution in [2.75, 3.05) is 36.1 Å². The van der Waals surface area contributed by atoms with Gasteiger partial charge in [-0.3, -0.25) is 19.3 Å². The van der Waals surface area contributed by atoms with Gasteiger partial charge in [-0.25, -0.2) is 0 Å². The number of ether oxygens (including phenoxy) is 1. The van der Waals surface area contributed by atoms with E-state index in [9.17, 15) is 14.4 Å². The van der Waals surface area contributed by atoms with E-state index in [1.165, 1.54) is 6.92 Å². The van der Waals surface area contributed by atoms with E-state index in [1.807, 2.05) is 6.92 Å². The smallest absolute Gasteiger partial charge is 0.241 e. The van der Waals surface area contributed by atoms with Gasteiger partial charge >= 0.3 is 0 Å². The zero-order valence-electron chi connectivity index (χ0n) is 17.7. The molecule has 0 saturated carbocycles. The van der Waals surface area contributed by atoms with Gasteiger partial charge in [0.15, 0.2) is 0 Å². The lowest BCUT2D eigenvalue weighted by molar-refractivity contribution is -0.123. The fraction of sp³-hybridized carbons (Fsp3) is 0.318. The zero-order chi connectivity index (χ0) is 22.1. The van der Waals surface area contributed by atoms with Crippen molar-refractivity contribution in [3.63, 3.8) is 0 Å². The minimum atomic E-state index is -0.508. The summed E-state index contributed by atoms with van der Waals surface area (Å²) in [6.07, 6.45) is 0. The van der Waals surface area contributed by atoms with Crippen molar-refractivity contribution >= 4 is 34.8 Å². The molecule has 2 rings (SSSR count). The number of rotatable bonds is 9. The average molecular weight is 412 g/mol. The third kappa shape index (κ3) is 6.89. The summed E-state index contributed by atoms with van der Waals surface area (Å²) in [5.41, 5.74) is 1.92. The number of hydrogen-bond acceptors (Lipinski definition) is 5. The maximum atomic E-state index is 12.6. The first kappa shape index (κ1) is 22.9. The fourth-order valence-electron chi connectivity index (χ4n) is 2.83. The van der Waals surface area contributed by atoms with Crippen LogP contribution in [0.25, 0.3) is 0 Å². The molecule has 0 aliphatic heterocycles. The van der Waals surface area contributed by atoms with Gasteiger partial charge in [0.25, 0.3) is 0 Å². The SMILES string of the molecule is CCN(CC(=O)Nc1ccc(OC)cc1)[C@@H](C)C(=O)Nc1ccc(NC(C)=O)cc1. The second kappa shape index (κ2) is 11.0. The number of amides is 3. The molecule has 8 heteroatoms. The van der Waals surface area contributed by atoms with Crippen LogP contribution in [0.15, 0.2) is 48.5 Å². The van der Waals surface area contributed by atoms with E-state index in [4.69, 9.17) is 4.74 Å². The van der Waals surface area contributed by atoms with Crippen LogP contribution in [0, 0.1) is 0 Å². The van der Waals surface area contributed by atoms with Crippen LogP contribution in [0.5, 0.6) is 5.75 Å². The summed E-state index contributed by atoms with van der Waals surface area (Å²) in [4.78, 5) is 37.9. The van der Waals surface area contributed by atoms with Crippen LogP contribution in [0.4, 0.5) is 17.1 Å². The van der Waals surface area contributed by atoms with Crippen molar-refractivity contribution in [3.05, 3.63) is 48.5 Å². The lowest BCUT2D eigenvalue weighted by Crippen LogP contribution is -2.45. The van der Waals surface area contributed by atoms with Gasteiger partial charge in [-0.15, -0.1) is 0 Å². The summed E-state index contributed by atoms with van der Waals surface area (Å²) in [5, 5.41) is 8.33. The molecule has 2 aromatic carbocycles. The monoisotopic (exact) mass is 412 g/mol. The molecule has 8 nitrogen and oxygen atoms in total. The number of likely N-dealkylation sites (N-methyl/N-ethyl adjacent to an activating group) is 1. The molecular weight excluding hydrogens is 384 g/mol. The number of carbonyl (C=O) groups is 3. The molecule has 0 radical (unpaired) electrons. The van der Waals surface area contributed by atoms with Crippen molar-refractivity contribution in [2.45, 2.75) is 26.8 Å². The standard InChI is InChI=1S/C22H28N4O4/c1-5-26(14-21(28)24-18-10-12-20(30-4)13-11-18)15(2)22(29)25-19-8-6-17(7-9-19)23-16(3)27/h6-13,15H,5,14H2,1-4H3,(H,23,27)(H,24,28)(H,25,29)/t15-/m0/s1. The van der Waals surface area contributed by atoms with E-state index in [0.717, 1.165) is 0 Å². The van der Waals surface area contributed by atoms with Crippen LogP contribution >= 0.6 is 0 Å². The third-order valence-corrected chi connectivity index (χ3v) is 4.53. The van der Waals surface area contributed by atoms with E-state index in [1.54, 1.807) is 67.5 Å². The van der Waals surface area contributed by atoms with Crippen LogP contribution in [0.1, 0.15) is 20.8 Å².